The number of amides is 1. The van der Waals surface area contributed by atoms with Crippen molar-refractivity contribution in [1.29, 1.82) is 0 Å². The van der Waals surface area contributed by atoms with Gasteiger partial charge in [0.25, 0.3) is 5.89 Å². The van der Waals surface area contributed by atoms with Crippen LogP contribution in [0.2, 0.25) is 0 Å². The van der Waals surface area contributed by atoms with Gasteiger partial charge in [-0.25, -0.2) is 4.79 Å². The molecule has 2 aromatic heterocycles. The van der Waals surface area contributed by atoms with Crippen LogP contribution in [-0.4, -0.2) is 67.7 Å². The van der Waals surface area contributed by atoms with Gasteiger partial charge in [-0.15, -0.1) is 5.10 Å². The van der Waals surface area contributed by atoms with Crippen LogP contribution < -0.4 is 5.32 Å². The van der Waals surface area contributed by atoms with E-state index in [9.17, 15) is 4.79 Å². The monoisotopic (exact) mass is 467 g/mol. The van der Waals surface area contributed by atoms with E-state index in [-0.39, 0.29) is 18.2 Å². The summed E-state index contributed by atoms with van der Waals surface area (Å²) in [6.45, 7) is 13.0. The van der Waals surface area contributed by atoms with Gasteiger partial charge in [-0.1, -0.05) is 11.2 Å². The molecule has 10 nitrogen and oxygen atoms in total. The number of rotatable bonds is 6. The molecule has 1 aromatic carbocycles. The second-order valence-corrected chi connectivity index (χ2v) is 9.18. The highest BCUT2D eigenvalue weighted by atomic mass is 16.6. The Hall–Kier alpha value is -3.40. The summed E-state index contributed by atoms with van der Waals surface area (Å²) in [6, 6.07) is 6.54. The molecule has 1 fully saturated rings. The van der Waals surface area contributed by atoms with E-state index < -0.39 is 0 Å². The lowest BCUT2D eigenvalue weighted by atomic mass is 10.0. The van der Waals surface area contributed by atoms with Crippen LogP contribution in [-0.2, 0) is 18.3 Å². The van der Waals surface area contributed by atoms with Crippen molar-refractivity contribution < 1.29 is 13.9 Å². The van der Waals surface area contributed by atoms with Gasteiger partial charge in [0.05, 0.1) is 6.10 Å². The average Bonchev–Trinajstić information content (AvgIpc) is 3.39. The van der Waals surface area contributed by atoms with Crippen LogP contribution in [0.1, 0.15) is 37.5 Å². The molecule has 182 valence electrons. The zero-order valence-corrected chi connectivity index (χ0v) is 20.7. The Morgan fingerprint density at radius 1 is 1.26 bits per heavy atom. The van der Waals surface area contributed by atoms with Gasteiger partial charge in [0.15, 0.2) is 0 Å². The van der Waals surface area contributed by atoms with Crippen LogP contribution in [0.15, 0.2) is 28.8 Å². The fraction of sp³-hybridized carbons (Fsp3) is 0.500. The number of nitrogens with one attached hydrogen (secondary N) is 1. The van der Waals surface area contributed by atoms with Crippen LogP contribution in [0.4, 0.5) is 16.5 Å². The summed E-state index contributed by atoms with van der Waals surface area (Å²) < 4.78 is 12.9. The summed E-state index contributed by atoms with van der Waals surface area (Å²) >= 11 is 0. The third-order valence-electron chi connectivity index (χ3n) is 6.04. The molecule has 10 heteroatoms. The number of hydrogen-bond acceptors (Lipinski definition) is 8. The number of carbonyl (C=O) groups excluding carboxylic acids is 1. The van der Waals surface area contributed by atoms with Crippen LogP contribution in [0.25, 0.3) is 11.6 Å². The summed E-state index contributed by atoms with van der Waals surface area (Å²) in [7, 11) is 1.83. The largest absolute Gasteiger partial charge is 0.447 e. The van der Waals surface area contributed by atoms with E-state index in [1.807, 2.05) is 31.9 Å². The lowest BCUT2D eigenvalue weighted by Gasteiger charge is -2.39. The first-order chi connectivity index (χ1) is 16.2. The second kappa shape index (κ2) is 9.84. The summed E-state index contributed by atoms with van der Waals surface area (Å²) in [5, 5.41) is 15.7. The predicted molar refractivity (Wildman–Crippen MR) is 129 cm³/mol. The molecule has 1 amide bonds. The van der Waals surface area contributed by atoms with E-state index in [1.54, 1.807) is 10.9 Å². The first-order valence-electron chi connectivity index (χ1n) is 11.6. The Bertz CT molecular complexity index is 1150. The topological polar surface area (TPSA) is 102 Å². The van der Waals surface area contributed by atoms with Crippen molar-refractivity contribution in [2.45, 2.75) is 53.3 Å². The molecule has 0 spiro atoms. The number of aryl methyl sites for hydroxylation is 2. The van der Waals surface area contributed by atoms with Crippen molar-refractivity contribution in [3.63, 3.8) is 0 Å². The standard InChI is InChI=1S/C24H33N7O3/c1-15(2)33-24(32)31-10-9-30(13-17(31)4)14-19-11-16(3)12-20(18(19)5)26-23-28-27-22(34-23)21-7-8-25-29(21)6/h7-8,11-12,15,17H,9-10,13-14H2,1-6H3,(H,26,28)/t17-/m0/s1. The van der Waals surface area contributed by atoms with Crippen LogP contribution in [0.3, 0.4) is 0 Å². The Morgan fingerprint density at radius 3 is 2.74 bits per heavy atom. The summed E-state index contributed by atoms with van der Waals surface area (Å²) in [6.07, 6.45) is 1.35. The lowest BCUT2D eigenvalue weighted by Crippen LogP contribution is -2.54. The lowest BCUT2D eigenvalue weighted by molar-refractivity contribution is 0.0349. The van der Waals surface area contributed by atoms with E-state index in [4.69, 9.17) is 9.15 Å². The zero-order valence-electron chi connectivity index (χ0n) is 20.7. The molecule has 0 aliphatic carbocycles. The molecule has 1 N–H and O–H groups in total. The van der Waals surface area contributed by atoms with E-state index in [1.165, 1.54) is 5.56 Å². The van der Waals surface area contributed by atoms with Crippen LogP contribution in [0.5, 0.6) is 0 Å². The number of aromatic nitrogens is 4. The van der Waals surface area contributed by atoms with Crippen molar-refractivity contribution in [3.05, 3.63) is 41.1 Å². The molecule has 3 aromatic rings. The summed E-state index contributed by atoms with van der Waals surface area (Å²) in [5.74, 6) is 0.413. The SMILES string of the molecule is Cc1cc(CN2CCN(C(=O)OC(C)C)[C@@H](C)C2)c(C)c(Nc2nnc(-c3ccnn3C)o2)c1. The van der Waals surface area contributed by atoms with Crippen LogP contribution in [0, 0.1) is 13.8 Å². The Morgan fingerprint density at radius 2 is 2.06 bits per heavy atom. The summed E-state index contributed by atoms with van der Waals surface area (Å²) in [5.41, 5.74) is 5.18. The average molecular weight is 468 g/mol. The van der Waals surface area contributed by atoms with Gasteiger partial charge < -0.3 is 19.4 Å². The molecule has 0 saturated carbocycles. The van der Waals surface area contributed by atoms with Crippen molar-refractivity contribution in [1.82, 2.24) is 29.8 Å². The summed E-state index contributed by atoms with van der Waals surface area (Å²) in [4.78, 5) is 16.5. The molecule has 1 saturated heterocycles. The molecule has 3 heterocycles. The van der Waals surface area contributed by atoms with E-state index >= 15 is 0 Å². The number of hydrogen-bond donors (Lipinski definition) is 1. The van der Waals surface area contributed by atoms with Crippen molar-refractivity contribution in [2.75, 3.05) is 25.0 Å². The van der Waals surface area contributed by atoms with Crippen molar-refractivity contribution in [2.24, 2.45) is 7.05 Å². The fourth-order valence-electron chi connectivity index (χ4n) is 4.26. The molecule has 0 bridgehead atoms. The Kier molecular flexibility index (Phi) is 6.87. The smallest absolute Gasteiger partial charge is 0.410 e. The highest BCUT2D eigenvalue weighted by Crippen LogP contribution is 2.28. The van der Waals surface area contributed by atoms with Gasteiger partial charge in [0.1, 0.15) is 5.69 Å². The van der Waals surface area contributed by atoms with E-state index in [2.05, 4.69) is 58.4 Å². The van der Waals surface area contributed by atoms with Gasteiger partial charge >= 0.3 is 12.1 Å². The quantitative estimate of drug-likeness (QED) is 0.583. The molecule has 34 heavy (non-hydrogen) atoms. The Balaban J connectivity index is 1.45. The predicted octanol–water partition coefficient (Wildman–Crippen LogP) is 3.88. The highest BCUT2D eigenvalue weighted by molar-refractivity contribution is 5.68. The third kappa shape index (κ3) is 5.22. The minimum Gasteiger partial charge on any atom is -0.447 e. The van der Waals surface area contributed by atoms with Gasteiger partial charge in [0, 0.05) is 51.2 Å². The number of ether oxygens (including phenoxy) is 1. The number of benzene rings is 1. The maximum Gasteiger partial charge on any atom is 0.410 e. The van der Waals surface area contributed by atoms with E-state index in [0.29, 0.717) is 18.5 Å². The molecule has 1 aliphatic rings. The first-order valence-corrected chi connectivity index (χ1v) is 11.6. The van der Waals surface area contributed by atoms with Gasteiger partial charge in [-0.2, -0.15) is 5.10 Å². The number of anilines is 2. The normalized spacial score (nSPS) is 16.8. The van der Waals surface area contributed by atoms with E-state index in [0.717, 1.165) is 42.1 Å². The molecule has 0 radical (unpaired) electrons. The van der Waals surface area contributed by atoms with Crippen LogP contribution >= 0.6 is 0 Å². The zero-order chi connectivity index (χ0) is 24.4. The number of nitrogens with zero attached hydrogens (tertiary/aromatic N) is 6. The fourth-order valence-corrected chi connectivity index (χ4v) is 4.26. The van der Waals surface area contributed by atoms with Crippen molar-refractivity contribution in [3.8, 4) is 11.6 Å². The highest BCUT2D eigenvalue weighted by Gasteiger charge is 2.29. The van der Waals surface area contributed by atoms with Gasteiger partial charge in [-0.05, 0) is 63.4 Å². The molecule has 1 atom stereocenters. The molecular formula is C24H33N7O3. The van der Waals surface area contributed by atoms with Crippen molar-refractivity contribution >= 4 is 17.8 Å². The van der Waals surface area contributed by atoms with Gasteiger partial charge in [0.2, 0.25) is 0 Å². The third-order valence-corrected chi connectivity index (χ3v) is 6.04. The number of carbonyl (C=O) groups is 1. The maximum atomic E-state index is 12.3. The maximum absolute atomic E-state index is 12.3. The Labute approximate surface area is 199 Å². The van der Waals surface area contributed by atoms with Gasteiger partial charge in [-0.3, -0.25) is 9.58 Å². The molecule has 4 rings (SSSR count). The molecule has 1 aliphatic heterocycles. The minimum absolute atomic E-state index is 0.0894. The first kappa shape index (κ1) is 23.7. The molecule has 0 unspecified atom stereocenters. The minimum atomic E-state index is -0.231. The number of piperazine rings is 1. The second-order valence-electron chi connectivity index (χ2n) is 9.18. The molecular weight excluding hydrogens is 434 g/mol.